The molecule has 4 heterocycles. The van der Waals surface area contributed by atoms with E-state index in [1.165, 1.54) is 6.33 Å². The van der Waals surface area contributed by atoms with Gasteiger partial charge in [0.25, 0.3) is 5.91 Å². The highest BCUT2D eigenvalue weighted by atomic mass is 16.7. The SMILES string of the molecule is O=C(NCc1ccncc1)c1cc(N2CCC3(CC2)OCCO3)ncn1. The first kappa shape index (κ1) is 16.9. The van der Waals surface area contributed by atoms with Crippen molar-refractivity contribution in [2.45, 2.75) is 25.2 Å². The van der Waals surface area contributed by atoms with Crippen LogP contribution in [0.2, 0.25) is 0 Å². The lowest BCUT2D eigenvalue weighted by Crippen LogP contribution is -2.45. The minimum Gasteiger partial charge on any atom is -0.356 e. The molecule has 1 amide bonds. The Morgan fingerprint density at radius 2 is 1.88 bits per heavy atom. The van der Waals surface area contributed by atoms with Crippen molar-refractivity contribution in [1.29, 1.82) is 0 Å². The van der Waals surface area contributed by atoms with Crippen LogP contribution in [-0.2, 0) is 16.0 Å². The van der Waals surface area contributed by atoms with E-state index in [1.54, 1.807) is 18.5 Å². The highest BCUT2D eigenvalue weighted by Crippen LogP contribution is 2.32. The Bertz CT molecular complexity index is 754. The Hall–Kier alpha value is -2.58. The molecule has 4 rings (SSSR count). The van der Waals surface area contributed by atoms with Crippen molar-refractivity contribution in [1.82, 2.24) is 20.3 Å². The van der Waals surface area contributed by atoms with E-state index in [9.17, 15) is 4.79 Å². The van der Waals surface area contributed by atoms with Crippen LogP contribution in [0.5, 0.6) is 0 Å². The summed E-state index contributed by atoms with van der Waals surface area (Å²) in [6.45, 7) is 3.30. The predicted molar refractivity (Wildman–Crippen MR) is 93.5 cm³/mol. The molecule has 1 spiro atoms. The molecular weight excluding hydrogens is 334 g/mol. The minimum absolute atomic E-state index is 0.221. The van der Waals surface area contributed by atoms with E-state index in [4.69, 9.17) is 9.47 Å². The zero-order valence-electron chi connectivity index (χ0n) is 14.4. The smallest absolute Gasteiger partial charge is 0.270 e. The van der Waals surface area contributed by atoms with Gasteiger partial charge in [0, 0.05) is 50.9 Å². The number of rotatable bonds is 4. The molecule has 0 atom stereocenters. The molecule has 8 nitrogen and oxygen atoms in total. The van der Waals surface area contributed by atoms with Crippen molar-refractivity contribution in [2.75, 3.05) is 31.2 Å². The molecule has 0 unspecified atom stereocenters. The van der Waals surface area contributed by atoms with Crippen LogP contribution < -0.4 is 10.2 Å². The van der Waals surface area contributed by atoms with Crippen LogP contribution in [0.25, 0.3) is 0 Å². The number of ether oxygens (including phenoxy) is 2. The molecule has 2 saturated heterocycles. The van der Waals surface area contributed by atoms with Crippen molar-refractivity contribution < 1.29 is 14.3 Å². The van der Waals surface area contributed by atoms with Crippen molar-refractivity contribution in [3.05, 3.63) is 48.2 Å². The molecule has 0 bridgehead atoms. The maximum atomic E-state index is 12.4. The third-order valence-corrected chi connectivity index (χ3v) is 4.75. The summed E-state index contributed by atoms with van der Waals surface area (Å²) in [5, 5.41) is 2.87. The number of hydrogen-bond acceptors (Lipinski definition) is 7. The largest absolute Gasteiger partial charge is 0.356 e. The van der Waals surface area contributed by atoms with Gasteiger partial charge in [-0.15, -0.1) is 0 Å². The van der Waals surface area contributed by atoms with E-state index in [0.717, 1.165) is 37.3 Å². The van der Waals surface area contributed by atoms with Crippen LogP contribution in [0.4, 0.5) is 5.82 Å². The van der Waals surface area contributed by atoms with Crippen molar-refractivity contribution in [3.8, 4) is 0 Å². The molecule has 1 N–H and O–H groups in total. The molecule has 2 aliphatic heterocycles. The molecule has 0 aromatic carbocycles. The Morgan fingerprint density at radius 1 is 1.15 bits per heavy atom. The normalized spacial score (nSPS) is 18.8. The third-order valence-electron chi connectivity index (χ3n) is 4.75. The van der Waals surface area contributed by atoms with E-state index in [1.807, 2.05) is 12.1 Å². The van der Waals surface area contributed by atoms with Crippen LogP contribution in [-0.4, -0.2) is 52.9 Å². The summed E-state index contributed by atoms with van der Waals surface area (Å²) in [5.74, 6) is 0.108. The van der Waals surface area contributed by atoms with Gasteiger partial charge in [-0.05, 0) is 17.7 Å². The molecule has 0 aliphatic carbocycles. The van der Waals surface area contributed by atoms with E-state index in [-0.39, 0.29) is 5.91 Å². The summed E-state index contributed by atoms with van der Waals surface area (Å²) in [6, 6.07) is 5.46. The van der Waals surface area contributed by atoms with Crippen LogP contribution in [0.3, 0.4) is 0 Å². The highest BCUT2D eigenvalue weighted by Gasteiger charge is 2.40. The van der Waals surface area contributed by atoms with Gasteiger partial charge in [0.05, 0.1) is 13.2 Å². The average molecular weight is 355 g/mol. The molecule has 2 fully saturated rings. The molecule has 2 aliphatic rings. The second kappa shape index (κ2) is 7.35. The van der Waals surface area contributed by atoms with Crippen LogP contribution in [0.15, 0.2) is 36.9 Å². The summed E-state index contributed by atoms with van der Waals surface area (Å²) in [4.78, 5) is 26.9. The van der Waals surface area contributed by atoms with Crippen LogP contribution in [0.1, 0.15) is 28.9 Å². The lowest BCUT2D eigenvalue weighted by molar-refractivity contribution is -0.169. The summed E-state index contributed by atoms with van der Waals surface area (Å²) in [5.41, 5.74) is 1.35. The summed E-state index contributed by atoms with van der Waals surface area (Å²) >= 11 is 0. The molecular formula is C18H21N5O3. The van der Waals surface area contributed by atoms with Gasteiger partial charge in [-0.25, -0.2) is 9.97 Å². The molecule has 0 saturated carbocycles. The number of piperidine rings is 1. The number of amides is 1. The van der Waals surface area contributed by atoms with Gasteiger partial charge in [0.1, 0.15) is 17.8 Å². The van der Waals surface area contributed by atoms with Gasteiger partial charge in [-0.2, -0.15) is 0 Å². The Labute approximate surface area is 151 Å². The number of hydrogen-bond donors (Lipinski definition) is 1. The summed E-state index contributed by atoms with van der Waals surface area (Å²) in [7, 11) is 0. The maximum absolute atomic E-state index is 12.4. The Balaban J connectivity index is 1.38. The number of carbonyl (C=O) groups excluding carboxylic acids is 1. The van der Waals surface area contributed by atoms with Crippen LogP contribution in [0, 0.1) is 0 Å². The van der Waals surface area contributed by atoms with Crippen molar-refractivity contribution >= 4 is 11.7 Å². The topological polar surface area (TPSA) is 89.5 Å². The zero-order valence-corrected chi connectivity index (χ0v) is 14.4. The first-order chi connectivity index (χ1) is 12.7. The van der Waals surface area contributed by atoms with E-state index in [0.29, 0.717) is 25.5 Å². The highest BCUT2D eigenvalue weighted by molar-refractivity contribution is 5.92. The quantitative estimate of drug-likeness (QED) is 0.880. The molecule has 2 aromatic rings. The number of nitrogens with one attached hydrogen (secondary N) is 1. The van der Waals surface area contributed by atoms with Crippen molar-refractivity contribution in [3.63, 3.8) is 0 Å². The lowest BCUT2D eigenvalue weighted by atomic mass is 10.0. The maximum Gasteiger partial charge on any atom is 0.270 e. The Kier molecular flexibility index (Phi) is 4.77. The summed E-state index contributed by atoms with van der Waals surface area (Å²) in [6.07, 6.45) is 6.42. The van der Waals surface area contributed by atoms with Gasteiger partial charge in [-0.1, -0.05) is 0 Å². The van der Waals surface area contributed by atoms with Gasteiger partial charge < -0.3 is 19.7 Å². The standard InChI is InChI=1S/C18H21N5O3/c24-17(20-12-14-1-5-19-6-2-14)15-11-16(22-13-21-15)23-7-3-18(4-8-23)25-9-10-26-18/h1-2,5-6,11,13H,3-4,7-10,12H2,(H,20,24). The lowest BCUT2D eigenvalue weighted by Gasteiger charge is -2.38. The third kappa shape index (κ3) is 3.66. The zero-order chi connectivity index (χ0) is 17.8. The Morgan fingerprint density at radius 3 is 2.62 bits per heavy atom. The minimum atomic E-state index is -0.422. The number of nitrogens with zero attached hydrogens (tertiary/aromatic N) is 4. The fraction of sp³-hybridized carbons (Fsp3) is 0.444. The van der Waals surface area contributed by atoms with E-state index < -0.39 is 5.79 Å². The molecule has 2 aromatic heterocycles. The van der Waals surface area contributed by atoms with Gasteiger partial charge in [0.2, 0.25) is 0 Å². The predicted octanol–water partition coefficient (Wildman–Crippen LogP) is 1.14. The first-order valence-corrected chi connectivity index (χ1v) is 8.76. The second-order valence-corrected chi connectivity index (χ2v) is 6.39. The molecule has 136 valence electrons. The number of aromatic nitrogens is 3. The second-order valence-electron chi connectivity index (χ2n) is 6.39. The van der Waals surface area contributed by atoms with Gasteiger partial charge in [-0.3, -0.25) is 9.78 Å². The summed E-state index contributed by atoms with van der Waals surface area (Å²) < 4.78 is 11.5. The van der Waals surface area contributed by atoms with E-state index >= 15 is 0 Å². The molecule has 0 radical (unpaired) electrons. The fourth-order valence-corrected chi connectivity index (χ4v) is 3.28. The van der Waals surface area contributed by atoms with Crippen LogP contribution >= 0.6 is 0 Å². The van der Waals surface area contributed by atoms with E-state index in [2.05, 4.69) is 25.2 Å². The van der Waals surface area contributed by atoms with Crippen molar-refractivity contribution in [2.24, 2.45) is 0 Å². The number of anilines is 1. The van der Waals surface area contributed by atoms with Gasteiger partial charge >= 0.3 is 0 Å². The number of pyridine rings is 1. The molecule has 8 heteroatoms. The monoisotopic (exact) mass is 355 g/mol. The first-order valence-electron chi connectivity index (χ1n) is 8.76. The molecule has 26 heavy (non-hydrogen) atoms. The number of carbonyl (C=O) groups is 1. The fourth-order valence-electron chi connectivity index (χ4n) is 3.28. The average Bonchev–Trinajstić information content (AvgIpc) is 3.15. The van der Waals surface area contributed by atoms with Gasteiger partial charge in [0.15, 0.2) is 5.79 Å².